The largest absolute Gasteiger partial charge is 0.370 e. The number of aryl methyl sites for hydroxylation is 2. The molecule has 0 radical (unpaired) electrons. The fourth-order valence-corrected chi connectivity index (χ4v) is 3.49. The van der Waals surface area contributed by atoms with Crippen LogP contribution in [0.5, 0.6) is 0 Å². The SMILES string of the molecule is CS(=O)(=O)c1ccc(CN=C(N)Nc2ccc3c(c2)CCC3)cc1. The molecule has 0 aliphatic heterocycles. The Hall–Kier alpha value is -2.34. The summed E-state index contributed by atoms with van der Waals surface area (Å²) >= 11 is 0. The standard InChI is InChI=1S/C18H21N3O2S/c1-24(22,23)17-9-5-13(6-10-17)12-20-18(19)21-16-8-7-14-3-2-4-15(14)11-16/h5-11H,2-4,12H2,1H3,(H3,19,20,21). The van der Waals surface area contributed by atoms with Gasteiger partial charge in [-0.3, -0.25) is 0 Å². The number of guanidine groups is 1. The Bertz CT molecular complexity index is 872. The van der Waals surface area contributed by atoms with E-state index in [-0.39, 0.29) is 0 Å². The molecular weight excluding hydrogens is 322 g/mol. The maximum Gasteiger partial charge on any atom is 0.193 e. The van der Waals surface area contributed by atoms with Gasteiger partial charge in [-0.1, -0.05) is 18.2 Å². The number of sulfone groups is 1. The van der Waals surface area contributed by atoms with Gasteiger partial charge in [0.15, 0.2) is 15.8 Å². The lowest BCUT2D eigenvalue weighted by Gasteiger charge is -2.08. The van der Waals surface area contributed by atoms with Crippen molar-refractivity contribution in [2.45, 2.75) is 30.7 Å². The first-order chi connectivity index (χ1) is 11.4. The first-order valence-electron chi connectivity index (χ1n) is 7.89. The summed E-state index contributed by atoms with van der Waals surface area (Å²) in [5.74, 6) is 0.347. The van der Waals surface area contributed by atoms with Gasteiger partial charge < -0.3 is 11.1 Å². The van der Waals surface area contributed by atoms with E-state index in [2.05, 4.69) is 22.4 Å². The lowest BCUT2D eigenvalue weighted by Crippen LogP contribution is -2.22. The van der Waals surface area contributed by atoms with Gasteiger partial charge in [-0.15, -0.1) is 0 Å². The number of nitrogens with one attached hydrogen (secondary N) is 1. The van der Waals surface area contributed by atoms with E-state index in [1.807, 2.05) is 6.07 Å². The summed E-state index contributed by atoms with van der Waals surface area (Å²) in [6.07, 6.45) is 4.68. The third-order valence-electron chi connectivity index (χ3n) is 4.15. The monoisotopic (exact) mass is 343 g/mol. The van der Waals surface area contributed by atoms with Crippen LogP contribution in [0.3, 0.4) is 0 Å². The van der Waals surface area contributed by atoms with Crippen LogP contribution in [0.4, 0.5) is 5.69 Å². The van der Waals surface area contributed by atoms with E-state index in [9.17, 15) is 8.42 Å². The zero-order chi connectivity index (χ0) is 17.2. The van der Waals surface area contributed by atoms with Gasteiger partial charge in [-0.25, -0.2) is 13.4 Å². The second kappa shape index (κ2) is 6.65. The molecule has 3 rings (SSSR count). The third-order valence-corrected chi connectivity index (χ3v) is 5.28. The molecule has 0 amide bonds. The van der Waals surface area contributed by atoms with Crippen molar-refractivity contribution in [2.75, 3.05) is 11.6 Å². The van der Waals surface area contributed by atoms with Crippen molar-refractivity contribution < 1.29 is 8.42 Å². The lowest BCUT2D eigenvalue weighted by atomic mass is 10.1. The van der Waals surface area contributed by atoms with Crippen LogP contribution in [0.15, 0.2) is 52.4 Å². The Balaban J connectivity index is 1.64. The summed E-state index contributed by atoms with van der Waals surface area (Å²) < 4.78 is 22.9. The fourth-order valence-electron chi connectivity index (χ4n) is 2.86. The number of hydrogen-bond donors (Lipinski definition) is 2. The van der Waals surface area contributed by atoms with Crippen LogP contribution in [0, 0.1) is 0 Å². The molecule has 24 heavy (non-hydrogen) atoms. The minimum Gasteiger partial charge on any atom is -0.370 e. The predicted octanol–water partition coefficient (Wildman–Crippen LogP) is 2.51. The molecule has 1 aliphatic carbocycles. The normalized spacial score (nSPS) is 14.5. The molecule has 6 heteroatoms. The minimum absolute atomic E-state index is 0.305. The highest BCUT2D eigenvalue weighted by Crippen LogP contribution is 2.24. The molecule has 5 nitrogen and oxygen atoms in total. The molecular formula is C18H21N3O2S. The van der Waals surface area contributed by atoms with Crippen LogP contribution in [0.1, 0.15) is 23.1 Å². The van der Waals surface area contributed by atoms with Crippen molar-refractivity contribution in [3.63, 3.8) is 0 Å². The zero-order valence-corrected chi connectivity index (χ0v) is 14.4. The van der Waals surface area contributed by atoms with Crippen molar-refractivity contribution in [2.24, 2.45) is 10.7 Å². The molecule has 0 spiro atoms. The first-order valence-corrected chi connectivity index (χ1v) is 9.79. The summed E-state index contributed by atoms with van der Waals surface area (Å²) in [4.78, 5) is 4.61. The Morgan fingerprint density at radius 2 is 1.83 bits per heavy atom. The number of fused-ring (bicyclic) bond motifs is 1. The number of aliphatic imine (C=N–C) groups is 1. The van der Waals surface area contributed by atoms with Gasteiger partial charge in [-0.2, -0.15) is 0 Å². The van der Waals surface area contributed by atoms with E-state index < -0.39 is 9.84 Å². The van der Waals surface area contributed by atoms with Crippen LogP contribution in [0.2, 0.25) is 0 Å². The van der Waals surface area contributed by atoms with Crippen molar-refractivity contribution in [1.29, 1.82) is 0 Å². The summed E-state index contributed by atoms with van der Waals surface area (Å²) in [6.45, 7) is 0.397. The number of rotatable bonds is 4. The van der Waals surface area contributed by atoms with Gasteiger partial charge in [0.2, 0.25) is 0 Å². The van der Waals surface area contributed by atoms with E-state index >= 15 is 0 Å². The highest BCUT2D eigenvalue weighted by Gasteiger charge is 2.11. The maximum absolute atomic E-state index is 11.4. The van der Waals surface area contributed by atoms with Crippen molar-refractivity contribution in [3.05, 3.63) is 59.2 Å². The molecule has 0 atom stereocenters. The van der Waals surface area contributed by atoms with Crippen molar-refractivity contribution in [1.82, 2.24) is 0 Å². The molecule has 0 bridgehead atoms. The topological polar surface area (TPSA) is 84.5 Å². The average molecular weight is 343 g/mol. The maximum atomic E-state index is 11.4. The van der Waals surface area contributed by atoms with E-state index in [1.165, 1.54) is 23.8 Å². The number of benzene rings is 2. The van der Waals surface area contributed by atoms with E-state index in [0.717, 1.165) is 24.1 Å². The van der Waals surface area contributed by atoms with Gasteiger partial charge in [0.1, 0.15) is 0 Å². The number of nitrogens with zero attached hydrogens (tertiary/aromatic N) is 1. The van der Waals surface area contributed by atoms with E-state index in [1.54, 1.807) is 24.3 Å². The molecule has 0 saturated heterocycles. The van der Waals surface area contributed by atoms with Crippen LogP contribution in [0.25, 0.3) is 0 Å². The summed E-state index contributed by atoms with van der Waals surface area (Å²) in [5.41, 5.74) is 10.6. The van der Waals surface area contributed by atoms with Gasteiger partial charge in [0.25, 0.3) is 0 Å². The third kappa shape index (κ3) is 3.94. The fraction of sp³-hybridized carbons (Fsp3) is 0.278. The summed E-state index contributed by atoms with van der Waals surface area (Å²) in [6, 6.07) is 13.0. The molecule has 3 N–H and O–H groups in total. The van der Waals surface area contributed by atoms with Gasteiger partial charge in [0, 0.05) is 11.9 Å². The van der Waals surface area contributed by atoms with Crippen LogP contribution >= 0.6 is 0 Å². The zero-order valence-electron chi connectivity index (χ0n) is 13.6. The van der Waals surface area contributed by atoms with Crippen molar-refractivity contribution >= 4 is 21.5 Å². The summed E-state index contributed by atoms with van der Waals surface area (Å²) in [7, 11) is -3.17. The quantitative estimate of drug-likeness (QED) is 0.660. The van der Waals surface area contributed by atoms with Crippen LogP contribution in [-0.4, -0.2) is 20.6 Å². The molecule has 0 fully saturated rings. The predicted molar refractivity (Wildman–Crippen MR) is 97.0 cm³/mol. The van der Waals surface area contributed by atoms with E-state index in [4.69, 9.17) is 5.73 Å². The average Bonchev–Trinajstić information content (AvgIpc) is 3.00. The summed E-state index contributed by atoms with van der Waals surface area (Å²) in [5, 5.41) is 3.11. The highest BCUT2D eigenvalue weighted by atomic mass is 32.2. The lowest BCUT2D eigenvalue weighted by molar-refractivity contribution is 0.602. The Morgan fingerprint density at radius 3 is 2.54 bits per heavy atom. The van der Waals surface area contributed by atoms with Crippen LogP contribution < -0.4 is 11.1 Å². The highest BCUT2D eigenvalue weighted by molar-refractivity contribution is 7.90. The molecule has 2 aromatic carbocycles. The number of nitrogens with two attached hydrogens (primary N) is 1. The van der Waals surface area contributed by atoms with E-state index in [0.29, 0.717) is 17.4 Å². The molecule has 0 saturated carbocycles. The second-order valence-electron chi connectivity index (χ2n) is 6.08. The Labute approximate surface area is 142 Å². The van der Waals surface area contributed by atoms with Gasteiger partial charge >= 0.3 is 0 Å². The Kier molecular flexibility index (Phi) is 4.57. The Morgan fingerprint density at radius 1 is 1.12 bits per heavy atom. The van der Waals surface area contributed by atoms with Crippen molar-refractivity contribution in [3.8, 4) is 0 Å². The molecule has 0 aromatic heterocycles. The number of anilines is 1. The molecule has 126 valence electrons. The smallest absolute Gasteiger partial charge is 0.193 e. The second-order valence-corrected chi connectivity index (χ2v) is 8.10. The molecule has 2 aromatic rings. The molecule has 0 unspecified atom stereocenters. The molecule has 0 heterocycles. The van der Waals surface area contributed by atoms with Gasteiger partial charge in [-0.05, 0) is 60.2 Å². The minimum atomic E-state index is -3.17. The van der Waals surface area contributed by atoms with Gasteiger partial charge in [0.05, 0.1) is 11.4 Å². The number of hydrogen-bond acceptors (Lipinski definition) is 3. The van der Waals surface area contributed by atoms with Crippen LogP contribution in [-0.2, 0) is 29.2 Å². The first kappa shape index (κ1) is 16.5. The molecule has 1 aliphatic rings.